The van der Waals surface area contributed by atoms with Crippen LogP contribution in [0.4, 0.5) is 0 Å². The summed E-state index contributed by atoms with van der Waals surface area (Å²) >= 11 is 0. The van der Waals surface area contributed by atoms with Gasteiger partial charge in [0.15, 0.2) is 9.84 Å². The summed E-state index contributed by atoms with van der Waals surface area (Å²) in [6, 6.07) is 27.2. The van der Waals surface area contributed by atoms with E-state index in [4.69, 9.17) is 19.3 Å². The summed E-state index contributed by atoms with van der Waals surface area (Å²) in [7, 11) is -1.27. The highest BCUT2D eigenvalue weighted by Gasteiger charge is 2.28. The number of nitrogens with one attached hydrogen (secondary N) is 1. The Bertz CT molecular complexity index is 2380. The molecular weight excluding hydrogens is 729 g/mol. The smallest absolute Gasteiger partial charge is 0.352 e. The van der Waals surface area contributed by atoms with Crippen LogP contribution in [-0.4, -0.2) is 66.4 Å². The Morgan fingerprint density at radius 2 is 1.66 bits per heavy atom. The average molecular weight is 781 g/mol. The molecule has 2 N–H and O–H groups in total. The number of carboxylic acid groups (broad SMARTS) is 1. The maximum atomic E-state index is 13.1. The van der Waals surface area contributed by atoms with Crippen LogP contribution in [0.2, 0.25) is 0 Å². The van der Waals surface area contributed by atoms with Gasteiger partial charge in [-0.25, -0.2) is 13.2 Å². The first kappa shape index (κ1) is 40.5. The molecule has 0 saturated carbocycles. The summed E-state index contributed by atoms with van der Waals surface area (Å²) in [5, 5.41) is 21.7. The number of hydrogen-bond acceptors (Lipinski definition) is 8. The van der Waals surface area contributed by atoms with Crippen molar-refractivity contribution in [3.05, 3.63) is 113 Å². The summed E-state index contributed by atoms with van der Waals surface area (Å²) in [6.07, 6.45) is 3.94. The molecule has 0 unspecified atom stereocenters. The topological polar surface area (TPSA) is 134 Å². The number of benzene rings is 4. The first-order valence-corrected chi connectivity index (χ1v) is 21.4. The number of nitrogens with zero attached hydrogens (tertiary/aromatic N) is 3. The fraction of sp³-hybridized carbons (Fsp3) is 0.364. The Labute approximate surface area is 329 Å². The van der Waals surface area contributed by atoms with Gasteiger partial charge < -0.3 is 29.2 Å². The monoisotopic (exact) mass is 780 g/mol. The molecule has 1 aliphatic rings. The molecule has 7 rings (SSSR count). The van der Waals surface area contributed by atoms with Crippen LogP contribution in [-0.2, 0) is 53.6 Å². The van der Waals surface area contributed by atoms with E-state index in [1.54, 1.807) is 24.3 Å². The van der Waals surface area contributed by atoms with Gasteiger partial charge in [-0.2, -0.15) is 5.10 Å². The third-order valence-electron chi connectivity index (χ3n) is 9.86. The van der Waals surface area contributed by atoms with E-state index in [1.165, 1.54) is 6.26 Å². The lowest BCUT2D eigenvalue weighted by molar-refractivity contribution is 0.0683. The summed E-state index contributed by atoms with van der Waals surface area (Å²) in [4.78, 5) is 13.1. The number of ether oxygens (including phenoxy) is 3. The van der Waals surface area contributed by atoms with Gasteiger partial charge in [-0.3, -0.25) is 4.68 Å². The second-order valence-corrected chi connectivity index (χ2v) is 16.2. The molecule has 0 fully saturated rings. The third-order valence-corrected chi connectivity index (χ3v) is 10.7. The standard InChI is InChI=1S/C40H41N3O7S.C4H11N/c1-42-35-25-48-22-6-5-21-43-38-31(32(39(43)40(44)45)15-9-23-49-36-16-7-11-28-10-3-4-12-30(28)36)13-8-14-33(38)37(35)34(41-42)24-50-29-19-17-27(18-20-29)26-51(2,46)47;1-3-5-4-2/h3-4,7-8,10-14,16-20H,5-6,9,15,21-26H2,1-2H3,(H,44,45);5H,3-4H2,1-2H3. The van der Waals surface area contributed by atoms with Crippen LogP contribution in [0.15, 0.2) is 84.9 Å². The fourth-order valence-electron chi connectivity index (χ4n) is 7.38. The van der Waals surface area contributed by atoms with E-state index >= 15 is 0 Å². The number of carboxylic acids is 1. The molecule has 2 aromatic heterocycles. The molecule has 1 aliphatic heterocycles. The van der Waals surface area contributed by atoms with E-state index in [0.717, 1.165) is 75.7 Å². The maximum Gasteiger partial charge on any atom is 0.352 e. The highest BCUT2D eigenvalue weighted by atomic mass is 32.2. The highest BCUT2D eigenvalue weighted by Crippen LogP contribution is 2.39. The lowest BCUT2D eigenvalue weighted by atomic mass is 9.98. The zero-order valence-corrected chi connectivity index (χ0v) is 33.5. The zero-order chi connectivity index (χ0) is 39.7. The van der Waals surface area contributed by atoms with Crippen LogP contribution in [0.3, 0.4) is 0 Å². The largest absolute Gasteiger partial charge is 0.493 e. The predicted octanol–water partition coefficient (Wildman–Crippen LogP) is 7.95. The molecule has 0 aliphatic carbocycles. The summed E-state index contributed by atoms with van der Waals surface area (Å²) < 4.78 is 45.9. The van der Waals surface area contributed by atoms with Gasteiger partial charge in [0, 0.05) is 48.4 Å². The van der Waals surface area contributed by atoms with Crippen LogP contribution in [0.25, 0.3) is 32.8 Å². The van der Waals surface area contributed by atoms with E-state index in [-0.39, 0.29) is 12.4 Å². The Kier molecular flexibility index (Phi) is 13.5. The molecule has 6 aromatic rings. The minimum Gasteiger partial charge on any atom is -0.493 e. The molecule has 4 aromatic carbocycles. The van der Waals surface area contributed by atoms with Crippen LogP contribution in [0.5, 0.6) is 11.5 Å². The Morgan fingerprint density at radius 1 is 0.929 bits per heavy atom. The van der Waals surface area contributed by atoms with Gasteiger partial charge in [0.1, 0.15) is 29.5 Å². The zero-order valence-electron chi connectivity index (χ0n) is 32.7. The van der Waals surface area contributed by atoms with Crippen LogP contribution >= 0.6 is 0 Å². The van der Waals surface area contributed by atoms with Crippen LogP contribution in [0, 0.1) is 0 Å². The van der Waals surface area contributed by atoms with Gasteiger partial charge in [-0.1, -0.05) is 80.6 Å². The lowest BCUT2D eigenvalue weighted by Crippen LogP contribution is -2.12. The van der Waals surface area contributed by atoms with Crippen molar-refractivity contribution in [3.8, 4) is 22.6 Å². The molecular formula is C44H52N4O7S. The molecule has 3 heterocycles. The van der Waals surface area contributed by atoms with Crippen molar-refractivity contribution in [3.63, 3.8) is 0 Å². The van der Waals surface area contributed by atoms with Crippen molar-refractivity contribution in [2.45, 2.75) is 65.0 Å². The SMILES string of the molecule is CCNCC.Cn1nc(COc2ccc(CS(C)(=O)=O)cc2)c2c1COCCCCn1c(C(=O)O)c(CCCOc3cccc4ccccc34)c3cccc-2c31. The van der Waals surface area contributed by atoms with Crippen molar-refractivity contribution in [2.24, 2.45) is 7.05 Å². The minimum atomic E-state index is -3.15. The third kappa shape index (κ3) is 9.61. The number of aromatic nitrogens is 3. The molecule has 11 nitrogen and oxygen atoms in total. The number of aromatic carboxylic acids is 1. The number of sulfone groups is 1. The summed E-state index contributed by atoms with van der Waals surface area (Å²) in [5.41, 5.74) is 5.96. The van der Waals surface area contributed by atoms with Crippen molar-refractivity contribution in [1.29, 1.82) is 0 Å². The second kappa shape index (κ2) is 18.6. The first-order valence-electron chi connectivity index (χ1n) is 19.3. The van der Waals surface area contributed by atoms with Gasteiger partial charge in [-0.05, 0) is 73.5 Å². The Hall–Kier alpha value is -5.17. The van der Waals surface area contributed by atoms with Gasteiger partial charge in [0.05, 0.1) is 30.2 Å². The Balaban J connectivity index is 0.00000100. The number of carbonyl (C=O) groups is 1. The number of rotatable bonds is 13. The van der Waals surface area contributed by atoms with E-state index in [0.29, 0.717) is 61.9 Å². The van der Waals surface area contributed by atoms with E-state index in [1.807, 2.05) is 64.8 Å². The fourth-order valence-corrected chi connectivity index (χ4v) is 8.18. The molecule has 0 atom stereocenters. The van der Waals surface area contributed by atoms with Crippen LogP contribution < -0.4 is 14.8 Å². The highest BCUT2D eigenvalue weighted by molar-refractivity contribution is 7.89. The average Bonchev–Trinajstić information content (AvgIpc) is 3.66. The molecule has 0 amide bonds. The number of fused-ring (bicyclic) bond motifs is 3. The molecule has 56 heavy (non-hydrogen) atoms. The molecule has 296 valence electrons. The quantitative estimate of drug-likeness (QED) is 0.112. The van der Waals surface area contributed by atoms with Crippen molar-refractivity contribution >= 4 is 37.5 Å². The van der Waals surface area contributed by atoms with Crippen LogP contribution in [0.1, 0.15) is 66.1 Å². The van der Waals surface area contributed by atoms with Gasteiger partial charge in [-0.15, -0.1) is 0 Å². The normalized spacial score (nSPS) is 13.1. The summed E-state index contributed by atoms with van der Waals surface area (Å²) in [6.45, 7) is 8.40. The van der Waals surface area contributed by atoms with Crippen molar-refractivity contribution in [2.75, 3.05) is 32.6 Å². The number of aryl methyl sites for hydroxylation is 3. The van der Waals surface area contributed by atoms with Gasteiger partial charge in [0.2, 0.25) is 0 Å². The van der Waals surface area contributed by atoms with E-state index < -0.39 is 15.8 Å². The molecule has 12 heteroatoms. The number of para-hydroxylation sites is 1. The van der Waals surface area contributed by atoms with Crippen molar-refractivity contribution < 1.29 is 32.5 Å². The van der Waals surface area contributed by atoms with E-state index in [2.05, 4.69) is 31.3 Å². The molecule has 0 spiro atoms. The first-order chi connectivity index (χ1) is 27.1. The lowest BCUT2D eigenvalue weighted by Gasteiger charge is -2.13. The summed E-state index contributed by atoms with van der Waals surface area (Å²) in [5.74, 6) is 0.406. The number of hydrogen-bond donors (Lipinski definition) is 2. The van der Waals surface area contributed by atoms with Crippen molar-refractivity contribution in [1.82, 2.24) is 19.7 Å². The predicted molar refractivity (Wildman–Crippen MR) is 221 cm³/mol. The molecule has 0 saturated heterocycles. The second-order valence-electron chi connectivity index (χ2n) is 14.0. The molecule has 0 radical (unpaired) electrons. The van der Waals surface area contributed by atoms with Gasteiger partial charge >= 0.3 is 5.97 Å². The van der Waals surface area contributed by atoms with E-state index in [9.17, 15) is 18.3 Å². The molecule has 0 bridgehead atoms. The maximum absolute atomic E-state index is 13.1. The van der Waals surface area contributed by atoms with Gasteiger partial charge in [0.25, 0.3) is 0 Å². The minimum absolute atomic E-state index is 0.0394. The Morgan fingerprint density at radius 3 is 2.39 bits per heavy atom.